The summed E-state index contributed by atoms with van der Waals surface area (Å²) in [6, 6.07) is 12.6. The van der Waals surface area contributed by atoms with Gasteiger partial charge in [0.25, 0.3) is 5.91 Å². The summed E-state index contributed by atoms with van der Waals surface area (Å²) in [4.78, 5) is 31.4. The Labute approximate surface area is 160 Å². The van der Waals surface area contributed by atoms with Crippen LogP contribution in [0.2, 0.25) is 0 Å². The fourth-order valence-corrected chi connectivity index (χ4v) is 3.73. The van der Waals surface area contributed by atoms with Gasteiger partial charge >= 0.3 is 5.97 Å². The summed E-state index contributed by atoms with van der Waals surface area (Å²) < 4.78 is 10.1. The lowest BCUT2D eigenvalue weighted by atomic mass is 10.1. The molecule has 3 rings (SSSR count). The molecule has 140 valence electrons. The Morgan fingerprint density at radius 3 is 2.56 bits per heavy atom. The number of H-pyrrole nitrogens is 1. The maximum Gasteiger partial charge on any atom is 0.319 e. The zero-order valence-electron chi connectivity index (χ0n) is 14.9. The summed E-state index contributed by atoms with van der Waals surface area (Å²) in [5.74, 6) is -0.157. The van der Waals surface area contributed by atoms with E-state index in [0.29, 0.717) is 28.2 Å². The molecule has 0 aliphatic rings. The molecule has 0 radical (unpaired) electrons. The fraction of sp³-hybridized carbons (Fsp3) is 0.211. The molecule has 2 aromatic carbocycles. The number of primary amides is 1. The number of thioether (sulfide) groups is 1. The lowest BCUT2D eigenvalue weighted by molar-refractivity contribution is -0.139. The van der Waals surface area contributed by atoms with Crippen LogP contribution in [0.25, 0.3) is 11.0 Å². The van der Waals surface area contributed by atoms with Gasteiger partial charge in [-0.25, -0.2) is 4.98 Å². The fourth-order valence-electron chi connectivity index (χ4n) is 2.68. The zero-order chi connectivity index (χ0) is 19.4. The molecular weight excluding hydrogens is 366 g/mol. The van der Waals surface area contributed by atoms with Gasteiger partial charge in [-0.15, -0.1) is 0 Å². The monoisotopic (exact) mass is 385 g/mol. The first-order valence-electron chi connectivity index (χ1n) is 8.17. The van der Waals surface area contributed by atoms with Crippen LogP contribution in [0.3, 0.4) is 0 Å². The van der Waals surface area contributed by atoms with E-state index in [4.69, 9.17) is 15.2 Å². The van der Waals surface area contributed by atoms with Gasteiger partial charge < -0.3 is 20.2 Å². The lowest BCUT2D eigenvalue weighted by Crippen LogP contribution is -2.21. The van der Waals surface area contributed by atoms with E-state index in [1.165, 1.54) is 18.9 Å². The van der Waals surface area contributed by atoms with Gasteiger partial charge in [-0.2, -0.15) is 0 Å². The van der Waals surface area contributed by atoms with Crippen LogP contribution in [0.15, 0.2) is 47.6 Å². The number of para-hydroxylation sites is 1. The number of fused-ring (bicyclic) bond motifs is 1. The number of nitrogens with zero attached hydrogens (tertiary/aromatic N) is 1. The van der Waals surface area contributed by atoms with Gasteiger partial charge in [0, 0.05) is 0 Å². The summed E-state index contributed by atoms with van der Waals surface area (Å²) in [7, 11) is 2.96. The normalized spacial score (nSPS) is 11.9. The second-order valence-electron chi connectivity index (χ2n) is 5.79. The molecule has 1 atom stereocenters. The van der Waals surface area contributed by atoms with Crippen LogP contribution in [0.4, 0.5) is 0 Å². The van der Waals surface area contributed by atoms with Gasteiger partial charge in [0.15, 0.2) is 5.16 Å². The third-order valence-corrected chi connectivity index (χ3v) is 5.11. The smallest absolute Gasteiger partial charge is 0.319 e. The van der Waals surface area contributed by atoms with Crippen LogP contribution in [0.5, 0.6) is 5.75 Å². The molecule has 1 heterocycles. The molecule has 0 spiro atoms. The number of methoxy groups -OCH3 is 2. The Balaban J connectivity index is 1.86. The van der Waals surface area contributed by atoms with Crippen LogP contribution in [0, 0.1) is 0 Å². The number of benzene rings is 2. The van der Waals surface area contributed by atoms with Gasteiger partial charge in [0.05, 0.1) is 25.3 Å². The average Bonchev–Trinajstić information content (AvgIpc) is 3.09. The van der Waals surface area contributed by atoms with Crippen molar-refractivity contribution in [3.8, 4) is 5.75 Å². The topological polar surface area (TPSA) is 107 Å². The first kappa shape index (κ1) is 18.8. The largest absolute Gasteiger partial charge is 0.497 e. The van der Waals surface area contributed by atoms with E-state index in [1.807, 2.05) is 24.3 Å². The van der Waals surface area contributed by atoms with Crippen LogP contribution < -0.4 is 10.5 Å². The molecule has 0 fully saturated rings. The molecule has 0 aliphatic heterocycles. The Morgan fingerprint density at radius 1 is 1.19 bits per heavy atom. The number of nitrogens with one attached hydrogen (secondary N) is 1. The van der Waals surface area contributed by atoms with Gasteiger partial charge in [0.2, 0.25) is 0 Å². The first-order valence-corrected chi connectivity index (χ1v) is 9.05. The number of hydrogen-bond donors (Lipinski definition) is 2. The average molecular weight is 385 g/mol. The quantitative estimate of drug-likeness (QED) is 0.478. The third kappa shape index (κ3) is 4.22. The number of carbonyl (C=O) groups excluding carboxylic acids is 2. The van der Waals surface area contributed by atoms with E-state index in [-0.39, 0.29) is 5.97 Å². The number of imidazole rings is 1. The molecule has 1 unspecified atom stereocenters. The molecule has 7 nitrogen and oxygen atoms in total. The summed E-state index contributed by atoms with van der Waals surface area (Å²) in [5.41, 5.74) is 7.87. The Hall–Kier alpha value is -3.00. The first-order chi connectivity index (χ1) is 13.0. The number of aromatic amines is 1. The second-order valence-corrected chi connectivity index (χ2v) is 6.98. The molecule has 0 bridgehead atoms. The molecule has 0 saturated carbocycles. The van der Waals surface area contributed by atoms with E-state index >= 15 is 0 Å². The maximum absolute atomic E-state index is 12.3. The van der Waals surface area contributed by atoms with E-state index < -0.39 is 11.2 Å². The number of amides is 1. The molecule has 3 aromatic rings. The van der Waals surface area contributed by atoms with Gasteiger partial charge in [-0.3, -0.25) is 9.59 Å². The Bertz CT molecular complexity index is 969. The van der Waals surface area contributed by atoms with E-state index in [9.17, 15) is 9.59 Å². The Morgan fingerprint density at radius 2 is 1.93 bits per heavy atom. The number of hydrogen-bond acceptors (Lipinski definition) is 6. The van der Waals surface area contributed by atoms with Crippen molar-refractivity contribution in [2.75, 3.05) is 14.2 Å². The summed E-state index contributed by atoms with van der Waals surface area (Å²) in [6.07, 6.45) is 0.459. The van der Waals surface area contributed by atoms with Crippen LogP contribution in [-0.4, -0.2) is 41.3 Å². The van der Waals surface area contributed by atoms with E-state index in [1.54, 1.807) is 25.3 Å². The van der Waals surface area contributed by atoms with Gasteiger partial charge in [0.1, 0.15) is 16.5 Å². The van der Waals surface area contributed by atoms with Crippen molar-refractivity contribution in [1.82, 2.24) is 9.97 Å². The van der Waals surface area contributed by atoms with Crippen molar-refractivity contribution < 1.29 is 19.1 Å². The highest BCUT2D eigenvalue weighted by Gasteiger charge is 2.23. The number of esters is 1. The second kappa shape index (κ2) is 8.13. The molecule has 1 aromatic heterocycles. The lowest BCUT2D eigenvalue weighted by Gasteiger charge is -2.13. The van der Waals surface area contributed by atoms with E-state index in [0.717, 1.165) is 11.3 Å². The number of carbonyl (C=O) groups is 2. The van der Waals surface area contributed by atoms with Crippen molar-refractivity contribution in [2.24, 2.45) is 5.73 Å². The summed E-state index contributed by atoms with van der Waals surface area (Å²) in [6.45, 7) is 0. The predicted octanol–water partition coefficient (Wildman–Crippen LogP) is 2.55. The highest BCUT2D eigenvalue weighted by Crippen LogP contribution is 2.28. The van der Waals surface area contributed by atoms with E-state index in [2.05, 4.69) is 9.97 Å². The number of ether oxygens (including phenoxy) is 2. The number of rotatable bonds is 7. The third-order valence-electron chi connectivity index (χ3n) is 4.05. The molecular formula is C19H19N3O4S. The summed E-state index contributed by atoms with van der Waals surface area (Å²) in [5, 5.41) is 0.0172. The highest BCUT2D eigenvalue weighted by atomic mass is 32.2. The van der Waals surface area contributed by atoms with Gasteiger partial charge in [-0.05, 0) is 36.2 Å². The molecule has 0 saturated heterocycles. The van der Waals surface area contributed by atoms with Crippen molar-refractivity contribution in [3.63, 3.8) is 0 Å². The minimum Gasteiger partial charge on any atom is -0.497 e. The van der Waals surface area contributed by atoms with Crippen molar-refractivity contribution in [1.29, 1.82) is 0 Å². The molecule has 1 amide bonds. The zero-order valence-corrected chi connectivity index (χ0v) is 15.7. The summed E-state index contributed by atoms with van der Waals surface area (Å²) >= 11 is 1.25. The van der Waals surface area contributed by atoms with Crippen LogP contribution in [0.1, 0.15) is 15.9 Å². The molecule has 8 heteroatoms. The minimum absolute atomic E-state index is 0.334. The van der Waals surface area contributed by atoms with Crippen LogP contribution in [-0.2, 0) is 16.0 Å². The number of nitrogens with two attached hydrogens (primary N) is 1. The molecule has 0 aliphatic carbocycles. The van der Waals surface area contributed by atoms with Crippen molar-refractivity contribution in [3.05, 3.63) is 53.6 Å². The van der Waals surface area contributed by atoms with Crippen molar-refractivity contribution in [2.45, 2.75) is 16.8 Å². The predicted molar refractivity (Wildman–Crippen MR) is 103 cm³/mol. The van der Waals surface area contributed by atoms with Crippen molar-refractivity contribution >= 4 is 34.7 Å². The highest BCUT2D eigenvalue weighted by molar-refractivity contribution is 8.00. The standard InChI is InChI=1S/C19H19N3O4S/c1-25-12-8-6-11(7-9-12)10-15(18(24)26-2)27-19-21-14-5-3-4-13(17(20)23)16(14)22-19/h3-9,15H,10H2,1-2H3,(H2,20,23)(H,21,22). The molecule has 3 N–H and O–H groups in total. The van der Waals surface area contributed by atoms with Crippen LogP contribution >= 0.6 is 11.8 Å². The SMILES string of the molecule is COC(=O)C(Cc1ccc(OC)cc1)Sc1nc2c(C(N)=O)cccc2[nH]1. The Kier molecular flexibility index (Phi) is 5.66. The van der Waals surface area contributed by atoms with Gasteiger partial charge in [-0.1, -0.05) is 30.0 Å². The maximum atomic E-state index is 12.3. The minimum atomic E-state index is -0.550. The molecule has 27 heavy (non-hydrogen) atoms. The number of aromatic nitrogens is 2.